The largest absolute Gasteiger partial charge is 0.492 e. The van der Waals surface area contributed by atoms with E-state index in [2.05, 4.69) is 5.32 Å². The van der Waals surface area contributed by atoms with Crippen molar-refractivity contribution < 1.29 is 19.1 Å². The minimum atomic E-state index is -0.432. The Labute approximate surface area is 105 Å². The Morgan fingerprint density at radius 2 is 2.22 bits per heavy atom. The zero-order valence-electron chi connectivity index (χ0n) is 10.1. The van der Waals surface area contributed by atoms with Crippen molar-refractivity contribution >= 4 is 11.9 Å². The van der Waals surface area contributed by atoms with Crippen molar-refractivity contribution in [1.82, 2.24) is 5.32 Å². The van der Waals surface area contributed by atoms with Crippen molar-refractivity contribution in [3.63, 3.8) is 0 Å². The predicted octanol–water partition coefficient (Wildman–Crippen LogP) is 0.842. The van der Waals surface area contributed by atoms with Crippen molar-refractivity contribution in [3.05, 3.63) is 29.8 Å². The number of carbonyl (C=O) groups is 2. The molecule has 1 unspecified atom stereocenters. The summed E-state index contributed by atoms with van der Waals surface area (Å²) in [4.78, 5) is 23.1. The predicted molar refractivity (Wildman–Crippen MR) is 64.3 cm³/mol. The molecule has 0 aromatic heterocycles. The summed E-state index contributed by atoms with van der Waals surface area (Å²) >= 11 is 0. The maximum absolute atomic E-state index is 11.9. The van der Waals surface area contributed by atoms with Gasteiger partial charge in [0.25, 0.3) is 0 Å². The molecular formula is C13H15NO4. The summed E-state index contributed by atoms with van der Waals surface area (Å²) in [6.45, 7) is 2.24. The topological polar surface area (TPSA) is 64.6 Å². The van der Waals surface area contributed by atoms with E-state index >= 15 is 0 Å². The molecule has 0 spiro atoms. The van der Waals surface area contributed by atoms with Crippen LogP contribution >= 0.6 is 0 Å². The molecule has 1 atom stereocenters. The molecule has 1 aliphatic heterocycles. The molecule has 0 aliphatic carbocycles. The molecule has 0 saturated carbocycles. The molecule has 1 aliphatic rings. The Balaban J connectivity index is 1.93. The number of amides is 1. The van der Waals surface area contributed by atoms with E-state index in [9.17, 15) is 9.59 Å². The Hall–Kier alpha value is -2.04. The van der Waals surface area contributed by atoms with Gasteiger partial charge in [0, 0.05) is 5.56 Å². The highest BCUT2D eigenvalue weighted by atomic mass is 16.5. The van der Waals surface area contributed by atoms with Crippen LogP contribution in [0.1, 0.15) is 18.4 Å². The van der Waals surface area contributed by atoms with E-state index in [4.69, 9.17) is 9.47 Å². The third kappa shape index (κ3) is 2.61. The fourth-order valence-electron chi connectivity index (χ4n) is 1.87. The van der Waals surface area contributed by atoms with E-state index in [0.29, 0.717) is 13.2 Å². The minimum absolute atomic E-state index is 0.106. The normalized spacial score (nSPS) is 16.6. The maximum Gasteiger partial charge on any atom is 0.325 e. The van der Waals surface area contributed by atoms with Gasteiger partial charge in [-0.15, -0.1) is 0 Å². The summed E-state index contributed by atoms with van der Waals surface area (Å²) in [7, 11) is 0. The Kier molecular flexibility index (Phi) is 3.82. The summed E-state index contributed by atoms with van der Waals surface area (Å²) in [6.07, 6.45) is 0. The molecule has 5 nitrogen and oxygen atoms in total. The van der Waals surface area contributed by atoms with Crippen LogP contribution in [-0.2, 0) is 14.3 Å². The molecule has 1 amide bonds. The number of fused-ring (bicyclic) bond motifs is 1. The van der Waals surface area contributed by atoms with Crippen molar-refractivity contribution in [2.75, 3.05) is 19.8 Å². The van der Waals surface area contributed by atoms with Crippen molar-refractivity contribution in [3.8, 4) is 5.75 Å². The molecule has 0 saturated heterocycles. The van der Waals surface area contributed by atoms with Gasteiger partial charge in [0.15, 0.2) is 0 Å². The van der Waals surface area contributed by atoms with Crippen LogP contribution in [0.25, 0.3) is 0 Å². The van der Waals surface area contributed by atoms with Crippen LogP contribution in [-0.4, -0.2) is 31.6 Å². The van der Waals surface area contributed by atoms with Gasteiger partial charge in [0.1, 0.15) is 24.8 Å². The first-order chi connectivity index (χ1) is 8.72. The van der Waals surface area contributed by atoms with Crippen molar-refractivity contribution in [2.24, 2.45) is 0 Å². The average Bonchev–Trinajstić information content (AvgIpc) is 2.80. The van der Waals surface area contributed by atoms with Gasteiger partial charge < -0.3 is 14.8 Å². The van der Waals surface area contributed by atoms with Gasteiger partial charge in [-0.1, -0.05) is 18.2 Å². The standard InChI is InChI=1S/C13H15NO4/c1-2-17-12(15)7-14-13(16)10-8-18-11-6-4-3-5-9(10)11/h3-6,10H,2,7-8H2,1H3,(H,14,16). The molecule has 0 radical (unpaired) electrons. The average molecular weight is 249 g/mol. The van der Waals surface area contributed by atoms with E-state index in [1.54, 1.807) is 6.92 Å². The van der Waals surface area contributed by atoms with Gasteiger partial charge in [-0.25, -0.2) is 0 Å². The minimum Gasteiger partial charge on any atom is -0.492 e. The van der Waals surface area contributed by atoms with Crippen molar-refractivity contribution in [1.29, 1.82) is 0 Å². The highest BCUT2D eigenvalue weighted by Gasteiger charge is 2.30. The number of rotatable bonds is 4. The van der Waals surface area contributed by atoms with Crippen molar-refractivity contribution in [2.45, 2.75) is 12.8 Å². The number of benzene rings is 1. The highest BCUT2D eigenvalue weighted by Crippen LogP contribution is 2.33. The Bertz CT molecular complexity index is 458. The first-order valence-corrected chi connectivity index (χ1v) is 5.87. The number of ether oxygens (including phenoxy) is 2. The maximum atomic E-state index is 11.9. The first kappa shape index (κ1) is 12.4. The van der Waals surface area contributed by atoms with E-state index in [1.165, 1.54) is 0 Å². The second kappa shape index (κ2) is 5.53. The van der Waals surface area contributed by atoms with Crippen LogP contribution in [0.5, 0.6) is 5.75 Å². The summed E-state index contributed by atoms with van der Waals surface area (Å²) in [5.41, 5.74) is 0.860. The quantitative estimate of drug-likeness (QED) is 0.803. The Morgan fingerprint density at radius 3 is 3.00 bits per heavy atom. The summed E-state index contributed by atoms with van der Waals surface area (Å²) in [6, 6.07) is 7.40. The first-order valence-electron chi connectivity index (χ1n) is 5.87. The van der Waals surface area contributed by atoms with E-state index in [1.807, 2.05) is 24.3 Å². The van der Waals surface area contributed by atoms with Gasteiger partial charge in [0.2, 0.25) is 5.91 Å². The molecule has 96 valence electrons. The fraction of sp³-hybridized carbons (Fsp3) is 0.385. The fourth-order valence-corrected chi connectivity index (χ4v) is 1.87. The lowest BCUT2D eigenvalue weighted by molar-refractivity contribution is -0.143. The van der Waals surface area contributed by atoms with E-state index in [-0.39, 0.29) is 18.4 Å². The number of carbonyl (C=O) groups excluding carboxylic acids is 2. The third-order valence-corrected chi connectivity index (χ3v) is 2.73. The number of para-hydroxylation sites is 1. The molecule has 18 heavy (non-hydrogen) atoms. The summed E-state index contributed by atoms with van der Waals surface area (Å²) in [5, 5.41) is 2.56. The monoisotopic (exact) mass is 249 g/mol. The third-order valence-electron chi connectivity index (χ3n) is 2.73. The van der Waals surface area contributed by atoms with Crippen LogP contribution in [0.4, 0.5) is 0 Å². The van der Waals surface area contributed by atoms with Crippen LogP contribution in [0.15, 0.2) is 24.3 Å². The molecule has 0 fully saturated rings. The number of esters is 1. The van der Waals surface area contributed by atoms with Gasteiger partial charge in [0.05, 0.1) is 6.61 Å². The molecule has 0 bridgehead atoms. The Morgan fingerprint density at radius 1 is 1.44 bits per heavy atom. The van der Waals surface area contributed by atoms with Gasteiger partial charge >= 0.3 is 5.97 Å². The summed E-state index contributed by atoms with van der Waals surface area (Å²) < 4.78 is 10.1. The van der Waals surface area contributed by atoms with Crippen LogP contribution in [0.2, 0.25) is 0 Å². The lowest BCUT2D eigenvalue weighted by Crippen LogP contribution is -2.35. The lowest BCUT2D eigenvalue weighted by Gasteiger charge is -2.09. The molecule has 2 rings (SSSR count). The van der Waals surface area contributed by atoms with E-state index in [0.717, 1.165) is 11.3 Å². The van der Waals surface area contributed by atoms with Crippen LogP contribution < -0.4 is 10.1 Å². The van der Waals surface area contributed by atoms with Crippen LogP contribution in [0.3, 0.4) is 0 Å². The molecule has 1 aromatic rings. The summed E-state index contributed by atoms with van der Waals surface area (Å²) in [5.74, 6) is -0.268. The van der Waals surface area contributed by atoms with Gasteiger partial charge in [-0.3, -0.25) is 9.59 Å². The van der Waals surface area contributed by atoms with Crippen LogP contribution in [0, 0.1) is 0 Å². The van der Waals surface area contributed by atoms with Gasteiger partial charge in [-0.05, 0) is 13.0 Å². The lowest BCUT2D eigenvalue weighted by atomic mass is 10.0. The zero-order chi connectivity index (χ0) is 13.0. The molecule has 1 heterocycles. The second-order valence-electron chi connectivity index (χ2n) is 3.92. The number of hydrogen-bond donors (Lipinski definition) is 1. The van der Waals surface area contributed by atoms with E-state index < -0.39 is 5.97 Å². The highest BCUT2D eigenvalue weighted by molar-refractivity contribution is 5.88. The molecule has 1 N–H and O–H groups in total. The molecule has 5 heteroatoms. The van der Waals surface area contributed by atoms with Gasteiger partial charge in [-0.2, -0.15) is 0 Å². The molecular weight excluding hydrogens is 234 g/mol. The second-order valence-corrected chi connectivity index (χ2v) is 3.92. The molecule has 1 aromatic carbocycles. The smallest absolute Gasteiger partial charge is 0.325 e. The number of hydrogen-bond acceptors (Lipinski definition) is 4. The number of nitrogens with one attached hydrogen (secondary N) is 1. The SMILES string of the molecule is CCOC(=O)CNC(=O)C1COc2ccccc21. The zero-order valence-corrected chi connectivity index (χ0v) is 10.1.